The average molecular weight is 362 g/mol. The van der Waals surface area contributed by atoms with Crippen LogP contribution in [0.2, 0.25) is 0 Å². The predicted molar refractivity (Wildman–Crippen MR) is 98.7 cm³/mol. The Balaban J connectivity index is 1.97. The zero-order chi connectivity index (χ0) is 19.0. The summed E-state index contributed by atoms with van der Waals surface area (Å²) >= 11 is 0. The van der Waals surface area contributed by atoms with Gasteiger partial charge in [0, 0.05) is 29.2 Å². The molecule has 0 aliphatic carbocycles. The molecule has 1 amide bonds. The van der Waals surface area contributed by atoms with Crippen molar-refractivity contribution in [1.82, 2.24) is 20.2 Å². The number of fused-ring (bicyclic) bond motifs is 1. The van der Waals surface area contributed by atoms with Crippen LogP contribution in [0.25, 0.3) is 22.2 Å². The van der Waals surface area contributed by atoms with Crippen molar-refractivity contribution in [3.05, 3.63) is 54.5 Å². The first kappa shape index (κ1) is 16.3. The Morgan fingerprint density at radius 1 is 1.11 bits per heavy atom. The number of anilines is 2. The molecule has 0 unspecified atom stereocenters. The maximum atomic E-state index is 11.9. The van der Waals surface area contributed by atoms with E-state index in [1.165, 1.54) is 6.20 Å². The molecule has 0 radical (unpaired) electrons. The van der Waals surface area contributed by atoms with Crippen LogP contribution in [0.1, 0.15) is 10.5 Å². The minimum Gasteiger partial charge on any atom is -0.508 e. The van der Waals surface area contributed by atoms with Gasteiger partial charge in [-0.2, -0.15) is 0 Å². The van der Waals surface area contributed by atoms with Gasteiger partial charge in [0.2, 0.25) is 5.88 Å². The molecule has 1 aromatic carbocycles. The third kappa shape index (κ3) is 2.86. The Morgan fingerprint density at radius 3 is 2.59 bits per heavy atom. The Labute approximate surface area is 152 Å². The van der Waals surface area contributed by atoms with E-state index in [2.05, 4.69) is 25.5 Å². The van der Waals surface area contributed by atoms with Crippen LogP contribution in [0.3, 0.4) is 0 Å². The molecule has 4 aromatic rings. The molecule has 9 nitrogen and oxygen atoms in total. The third-order valence-corrected chi connectivity index (χ3v) is 4.03. The predicted octanol–water partition coefficient (Wildman–Crippen LogP) is 2.27. The van der Waals surface area contributed by atoms with Crippen molar-refractivity contribution in [2.24, 2.45) is 5.73 Å². The maximum Gasteiger partial charge on any atom is 0.269 e. The molecule has 0 spiro atoms. The van der Waals surface area contributed by atoms with Gasteiger partial charge in [-0.3, -0.25) is 4.79 Å². The summed E-state index contributed by atoms with van der Waals surface area (Å²) in [4.78, 5) is 18.8. The number of hydrogen-bond acceptors (Lipinski definition) is 7. The van der Waals surface area contributed by atoms with Crippen molar-refractivity contribution >= 4 is 28.3 Å². The van der Waals surface area contributed by atoms with Gasteiger partial charge in [0.05, 0.1) is 11.1 Å². The van der Waals surface area contributed by atoms with E-state index < -0.39 is 5.91 Å². The smallest absolute Gasteiger partial charge is 0.269 e. The van der Waals surface area contributed by atoms with Gasteiger partial charge >= 0.3 is 0 Å². The molecule has 0 atom stereocenters. The number of pyridine rings is 1. The molecule has 134 valence electrons. The van der Waals surface area contributed by atoms with Gasteiger partial charge in [0.15, 0.2) is 11.3 Å². The van der Waals surface area contributed by atoms with Crippen LogP contribution in [0, 0.1) is 0 Å². The number of nitrogens with zero attached hydrogens (tertiary/aromatic N) is 3. The summed E-state index contributed by atoms with van der Waals surface area (Å²) < 4.78 is 0. The standard InChI is InChI=1S/C18H14N6O3/c19-16(26)15-13(11-2-1-7-20-18(11)27)14-12(8-21-17(14)24-23-15)22-9-3-5-10(25)6-4-9/h1-8,22,25H,(H2,19,26)(H,20,27)(H,21,24). The topological polar surface area (TPSA) is 150 Å². The fourth-order valence-corrected chi connectivity index (χ4v) is 2.84. The second kappa shape index (κ2) is 6.30. The highest BCUT2D eigenvalue weighted by Gasteiger charge is 2.23. The highest BCUT2D eigenvalue weighted by Crippen LogP contribution is 2.38. The molecule has 0 saturated heterocycles. The molecule has 0 saturated carbocycles. The Bertz CT molecular complexity index is 1150. The fraction of sp³-hybridized carbons (Fsp3) is 0. The first-order valence-electron chi connectivity index (χ1n) is 7.92. The van der Waals surface area contributed by atoms with Crippen LogP contribution in [-0.2, 0) is 0 Å². The zero-order valence-corrected chi connectivity index (χ0v) is 13.8. The van der Waals surface area contributed by atoms with Crippen molar-refractivity contribution in [3.63, 3.8) is 0 Å². The van der Waals surface area contributed by atoms with E-state index in [1.54, 1.807) is 42.6 Å². The van der Waals surface area contributed by atoms with Crippen molar-refractivity contribution in [2.75, 3.05) is 5.32 Å². The van der Waals surface area contributed by atoms with E-state index in [4.69, 9.17) is 5.73 Å². The lowest BCUT2D eigenvalue weighted by molar-refractivity contribution is 0.0995. The number of nitrogens with one attached hydrogen (secondary N) is 2. The molecule has 27 heavy (non-hydrogen) atoms. The minimum absolute atomic E-state index is 0.0841. The highest BCUT2D eigenvalue weighted by molar-refractivity contribution is 6.11. The molecule has 4 rings (SSSR count). The second-order valence-corrected chi connectivity index (χ2v) is 5.76. The van der Waals surface area contributed by atoms with E-state index in [9.17, 15) is 15.0 Å². The molecule has 0 bridgehead atoms. The lowest BCUT2D eigenvalue weighted by Gasteiger charge is -2.11. The van der Waals surface area contributed by atoms with Crippen LogP contribution in [0.4, 0.5) is 11.4 Å². The number of phenolic OH excluding ortho intramolecular Hbond substituents is 1. The quantitative estimate of drug-likeness (QED) is 0.349. The summed E-state index contributed by atoms with van der Waals surface area (Å²) in [6.45, 7) is 0. The number of aromatic amines is 1. The normalized spacial score (nSPS) is 10.8. The summed E-state index contributed by atoms with van der Waals surface area (Å²) in [6.07, 6.45) is 3.09. The molecule has 0 fully saturated rings. The number of hydrogen-bond donors (Lipinski definition) is 5. The maximum absolute atomic E-state index is 11.9. The molecular formula is C18H14N6O3. The van der Waals surface area contributed by atoms with Gasteiger partial charge in [0.25, 0.3) is 5.91 Å². The summed E-state index contributed by atoms with van der Waals surface area (Å²) in [6, 6.07) is 9.71. The minimum atomic E-state index is -0.778. The van der Waals surface area contributed by atoms with Crippen LogP contribution < -0.4 is 11.1 Å². The second-order valence-electron chi connectivity index (χ2n) is 5.76. The Kier molecular flexibility index (Phi) is 3.81. The molecule has 6 N–H and O–H groups in total. The average Bonchev–Trinajstić information content (AvgIpc) is 3.06. The number of carbonyl (C=O) groups is 1. The van der Waals surface area contributed by atoms with Crippen LogP contribution in [0.15, 0.2) is 48.8 Å². The number of aromatic nitrogens is 4. The first-order chi connectivity index (χ1) is 13.0. The monoisotopic (exact) mass is 362 g/mol. The van der Waals surface area contributed by atoms with Gasteiger partial charge in [-0.15, -0.1) is 10.2 Å². The summed E-state index contributed by atoms with van der Waals surface area (Å²) in [5.41, 5.74) is 7.71. The van der Waals surface area contributed by atoms with Gasteiger partial charge in [-0.05, 0) is 36.4 Å². The Morgan fingerprint density at radius 2 is 1.89 bits per heavy atom. The van der Waals surface area contributed by atoms with Crippen molar-refractivity contribution in [1.29, 1.82) is 0 Å². The number of carbonyl (C=O) groups excluding carboxylic acids is 1. The summed E-state index contributed by atoms with van der Waals surface area (Å²) in [5.74, 6) is -0.896. The van der Waals surface area contributed by atoms with Crippen LogP contribution in [-0.4, -0.2) is 36.3 Å². The lowest BCUT2D eigenvalue weighted by atomic mass is 10.0. The summed E-state index contributed by atoms with van der Waals surface area (Å²) in [7, 11) is 0. The zero-order valence-electron chi connectivity index (χ0n) is 13.8. The van der Waals surface area contributed by atoms with Crippen molar-refractivity contribution in [2.45, 2.75) is 0 Å². The van der Waals surface area contributed by atoms with Gasteiger partial charge in [0.1, 0.15) is 5.75 Å². The number of nitrogens with two attached hydrogens (primary N) is 1. The Hall–Kier alpha value is -4.14. The molecule has 3 aromatic heterocycles. The molecule has 9 heteroatoms. The fourth-order valence-electron chi connectivity index (χ4n) is 2.84. The van der Waals surface area contributed by atoms with Crippen molar-refractivity contribution < 1.29 is 15.0 Å². The number of aromatic hydroxyl groups is 2. The number of benzene rings is 1. The van der Waals surface area contributed by atoms with Gasteiger partial charge < -0.3 is 26.2 Å². The van der Waals surface area contributed by atoms with Gasteiger partial charge in [-0.25, -0.2) is 4.98 Å². The molecule has 3 heterocycles. The number of rotatable bonds is 4. The number of primary amides is 1. The van der Waals surface area contributed by atoms with Crippen molar-refractivity contribution in [3.8, 4) is 22.8 Å². The van der Waals surface area contributed by atoms with E-state index in [0.717, 1.165) is 0 Å². The van der Waals surface area contributed by atoms with Gasteiger partial charge in [-0.1, -0.05) is 0 Å². The van der Waals surface area contributed by atoms with E-state index in [1.807, 2.05) is 0 Å². The number of phenols is 1. The molecular weight excluding hydrogens is 348 g/mol. The number of H-pyrrole nitrogens is 1. The van der Waals surface area contributed by atoms with E-state index in [0.29, 0.717) is 33.5 Å². The molecule has 0 aliphatic rings. The van der Waals surface area contributed by atoms with E-state index in [-0.39, 0.29) is 17.3 Å². The summed E-state index contributed by atoms with van der Waals surface area (Å²) in [5, 5.41) is 31.3. The number of amides is 1. The van der Waals surface area contributed by atoms with E-state index >= 15 is 0 Å². The lowest BCUT2D eigenvalue weighted by Crippen LogP contribution is -2.16. The SMILES string of the molecule is NC(=O)c1nnc2[nH]cc(Nc3ccc(O)cc3)c2c1-c1cccnc1O. The first-order valence-corrected chi connectivity index (χ1v) is 7.92. The highest BCUT2D eigenvalue weighted by atomic mass is 16.3. The van der Waals surface area contributed by atoms with Crippen LogP contribution in [0.5, 0.6) is 11.6 Å². The molecule has 0 aliphatic heterocycles. The largest absolute Gasteiger partial charge is 0.508 e. The van der Waals surface area contributed by atoms with Crippen LogP contribution >= 0.6 is 0 Å². The third-order valence-electron chi connectivity index (χ3n) is 4.03.